The molecule has 0 aromatic heterocycles. The van der Waals surface area contributed by atoms with Crippen LogP contribution in [0.25, 0.3) is 0 Å². The Morgan fingerprint density at radius 1 is 1.31 bits per heavy atom. The average Bonchev–Trinajstić information content (AvgIpc) is 2.54. The van der Waals surface area contributed by atoms with Gasteiger partial charge in [0.05, 0.1) is 0 Å². The van der Waals surface area contributed by atoms with E-state index in [0.717, 1.165) is 5.92 Å². The van der Waals surface area contributed by atoms with Crippen LogP contribution in [0.5, 0.6) is 0 Å². The minimum Gasteiger partial charge on any atom is -0.298 e. The summed E-state index contributed by atoms with van der Waals surface area (Å²) in [5.41, 5.74) is 0.433. The monoisotopic (exact) mass is 183 g/mol. The van der Waals surface area contributed by atoms with Gasteiger partial charge in [0.1, 0.15) is 0 Å². The Labute approximate surface area is 83.5 Å². The molecule has 0 aromatic carbocycles. The van der Waals surface area contributed by atoms with Gasteiger partial charge in [0.2, 0.25) is 0 Å². The van der Waals surface area contributed by atoms with Gasteiger partial charge in [0, 0.05) is 12.1 Å². The molecule has 1 atom stereocenters. The van der Waals surface area contributed by atoms with Crippen LogP contribution in [0.4, 0.5) is 0 Å². The number of rotatable bonds is 4. The van der Waals surface area contributed by atoms with Gasteiger partial charge < -0.3 is 0 Å². The number of likely N-dealkylation sites (tertiary alicyclic amines) is 1. The summed E-state index contributed by atoms with van der Waals surface area (Å²) in [6.07, 6.45) is 5.48. The molecule has 1 unspecified atom stereocenters. The van der Waals surface area contributed by atoms with Crippen molar-refractivity contribution in [1.82, 2.24) is 4.90 Å². The van der Waals surface area contributed by atoms with Gasteiger partial charge in [0.15, 0.2) is 0 Å². The van der Waals surface area contributed by atoms with Crippen molar-refractivity contribution in [3.63, 3.8) is 0 Å². The molecular weight excluding hydrogens is 158 g/mol. The molecule has 1 rings (SSSR count). The Balaban J connectivity index is 2.40. The molecule has 0 bridgehead atoms. The first kappa shape index (κ1) is 11.0. The van der Waals surface area contributed by atoms with E-state index in [0.29, 0.717) is 5.54 Å². The Hall–Kier alpha value is -0.0400. The predicted octanol–water partition coefficient (Wildman–Crippen LogP) is 3.30. The first-order valence-electron chi connectivity index (χ1n) is 5.85. The second-order valence-corrected chi connectivity index (χ2v) is 5.06. The van der Waals surface area contributed by atoms with E-state index in [1.165, 1.54) is 38.8 Å². The van der Waals surface area contributed by atoms with E-state index in [2.05, 4.69) is 32.6 Å². The lowest BCUT2D eigenvalue weighted by molar-refractivity contribution is 0.143. The molecule has 1 nitrogen and oxygen atoms in total. The van der Waals surface area contributed by atoms with Gasteiger partial charge in [-0.2, -0.15) is 0 Å². The van der Waals surface area contributed by atoms with E-state index in [4.69, 9.17) is 0 Å². The molecule has 1 fully saturated rings. The second-order valence-electron chi connectivity index (χ2n) is 5.06. The Morgan fingerprint density at radius 3 is 2.54 bits per heavy atom. The molecule has 0 N–H and O–H groups in total. The van der Waals surface area contributed by atoms with Crippen LogP contribution in [0.15, 0.2) is 0 Å². The maximum absolute atomic E-state index is 2.67. The molecule has 1 heterocycles. The van der Waals surface area contributed by atoms with Crippen molar-refractivity contribution in [2.45, 2.75) is 58.9 Å². The van der Waals surface area contributed by atoms with Gasteiger partial charge in [-0.25, -0.2) is 0 Å². The first-order chi connectivity index (χ1) is 6.10. The standard InChI is InChI=1S/C12H25N/c1-5-7-11-8-9-13(10-11)12(3,4)6-2/h11H,5-10H2,1-4H3. The fourth-order valence-corrected chi connectivity index (χ4v) is 2.25. The van der Waals surface area contributed by atoms with Crippen LogP contribution in [0, 0.1) is 5.92 Å². The maximum atomic E-state index is 2.67. The SMILES string of the molecule is CCCC1CCN(C(C)(C)CC)C1. The Morgan fingerprint density at radius 2 is 2.00 bits per heavy atom. The Bertz CT molecular complexity index is 151. The smallest absolute Gasteiger partial charge is 0.0150 e. The molecule has 78 valence electrons. The van der Waals surface area contributed by atoms with E-state index in [9.17, 15) is 0 Å². The molecule has 1 heteroatoms. The van der Waals surface area contributed by atoms with Crippen molar-refractivity contribution in [1.29, 1.82) is 0 Å². The van der Waals surface area contributed by atoms with Gasteiger partial charge >= 0.3 is 0 Å². The van der Waals surface area contributed by atoms with Crippen LogP contribution in [0.2, 0.25) is 0 Å². The van der Waals surface area contributed by atoms with E-state index in [1.807, 2.05) is 0 Å². The number of hydrogen-bond acceptors (Lipinski definition) is 1. The fourth-order valence-electron chi connectivity index (χ4n) is 2.25. The van der Waals surface area contributed by atoms with Crippen molar-refractivity contribution >= 4 is 0 Å². The minimum absolute atomic E-state index is 0.433. The van der Waals surface area contributed by atoms with Crippen molar-refractivity contribution in [2.24, 2.45) is 5.92 Å². The summed E-state index contributed by atoms with van der Waals surface area (Å²) in [6.45, 7) is 12.0. The van der Waals surface area contributed by atoms with Gasteiger partial charge in [-0.15, -0.1) is 0 Å². The lowest BCUT2D eigenvalue weighted by Crippen LogP contribution is -2.41. The quantitative estimate of drug-likeness (QED) is 0.646. The summed E-state index contributed by atoms with van der Waals surface area (Å²) in [5, 5.41) is 0. The van der Waals surface area contributed by atoms with Crippen LogP contribution in [0.3, 0.4) is 0 Å². The highest BCUT2D eigenvalue weighted by molar-refractivity contribution is 4.86. The molecule has 1 aliphatic heterocycles. The van der Waals surface area contributed by atoms with Crippen LogP contribution in [-0.4, -0.2) is 23.5 Å². The summed E-state index contributed by atoms with van der Waals surface area (Å²) in [4.78, 5) is 2.67. The predicted molar refractivity (Wildman–Crippen MR) is 59.0 cm³/mol. The average molecular weight is 183 g/mol. The van der Waals surface area contributed by atoms with Gasteiger partial charge in [-0.1, -0.05) is 20.3 Å². The van der Waals surface area contributed by atoms with Gasteiger partial charge in [-0.3, -0.25) is 4.90 Å². The number of hydrogen-bond donors (Lipinski definition) is 0. The molecule has 0 aromatic rings. The topological polar surface area (TPSA) is 3.24 Å². The molecule has 0 amide bonds. The normalized spacial score (nSPS) is 25.4. The minimum atomic E-state index is 0.433. The summed E-state index contributed by atoms with van der Waals surface area (Å²) in [7, 11) is 0. The molecular formula is C12H25N. The molecule has 0 saturated carbocycles. The molecule has 13 heavy (non-hydrogen) atoms. The summed E-state index contributed by atoms with van der Waals surface area (Å²) < 4.78 is 0. The summed E-state index contributed by atoms with van der Waals surface area (Å²) >= 11 is 0. The lowest BCUT2D eigenvalue weighted by Gasteiger charge is -2.34. The van der Waals surface area contributed by atoms with Gasteiger partial charge in [-0.05, 0) is 45.6 Å². The third-order valence-electron chi connectivity index (χ3n) is 3.70. The second kappa shape index (κ2) is 4.45. The number of nitrogens with zero attached hydrogens (tertiary/aromatic N) is 1. The van der Waals surface area contributed by atoms with Crippen LogP contribution in [-0.2, 0) is 0 Å². The highest BCUT2D eigenvalue weighted by Crippen LogP contribution is 2.28. The van der Waals surface area contributed by atoms with Crippen LogP contribution >= 0.6 is 0 Å². The van der Waals surface area contributed by atoms with Crippen molar-refractivity contribution in [3.05, 3.63) is 0 Å². The largest absolute Gasteiger partial charge is 0.298 e. The molecule has 0 spiro atoms. The highest BCUT2D eigenvalue weighted by atomic mass is 15.2. The molecule has 1 saturated heterocycles. The van der Waals surface area contributed by atoms with Gasteiger partial charge in [0.25, 0.3) is 0 Å². The van der Waals surface area contributed by atoms with E-state index < -0.39 is 0 Å². The Kier molecular flexibility index (Phi) is 3.78. The zero-order valence-electron chi connectivity index (χ0n) is 9.77. The highest BCUT2D eigenvalue weighted by Gasteiger charge is 2.31. The third kappa shape index (κ3) is 2.70. The third-order valence-corrected chi connectivity index (χ3v) is 3.70. The van der Waals surface area contributed by atoms with Crippen molar-refractivity contribution in [2.75, 3.05) is 13.1 Å². The summed E-state index contributed by atoms with van der Waals surface area (Å²) in [5.74, 6) is 0.982. The van der Waals surface area contributed by atoms with Crippen molar-refractivity contribution < 1.29 is 0 Å². The van der Waals surface area contributed by atoms with E-state index in [1.54, 1.807) is 0 Å². The van der Waals surface area contributed by atoms with Crippen LogP contribution in [0.1, 0.15) is 53.4 Å². The fraction of sp³-hybridized carbons (Fsp3) is 1.00. The zero-order chi connectivity index (χ0) is 9.90. The van der Waals surface area contributed by atoms with E-state index in [-0.39, 0.29) is 0 Å². The summed E-state index contributed by atoms with van der Waals surface area (Å²) in [6, 6.07) is 0. The lowest BCUT2D eigenvalue weighted by atomic mass is 9.99. The maximum Gasteiger partial charge on any atom is 0.0150 e. The van der Waals surface area contributed by atoms with Crippen molar-refractivity contribution in [3.8, 4) is 0 Å². The first-order valence-corrected chi connectivity index (χ1v) is 5.85. The molecule has 1 aliphatic rings. The van der Waals surface area contributed by atoms with E-state index >= 15 is 0 Å². The zero-order valence-corrected chi connectivity index (χ0v) is 9.77. The molecule has 0 radical (unpaired) electrons. The molecule has 0 aliphatic carbocycles. The van der Waals surface area contributed by atoms with Crippen LogP contribution < -0.4 is 0 Å².